The lowest BCUT2D eigenvalue weighted by atomic mass is 10.2. The van der Waals surface area contributed by atoms with Crippen LogP contribution in [-0.4, -0.2) is 33.2 Å². The topological polar surface area (TPSA) is 72.9 Å². The lowest BCUT2D eigenvalue weighted by Crippen LogP contribution is -2.20. The molecule has 3 heterocycles. The second-order valence-electron chi connectivity index (χ2n) is 7.03. The molecule has 0 radical (unpaired) electrons. The number of aromatic nitrogens is 3. The number of ether oxygens (including phenoxy) is 1. The van der Waals surface area contributed by atoms with Gasteiger partial charge in [-0.2, -0.15) is 5.10 Å². The number of nitrogens with one attached hydrogen (secondary N) is 1. The van der Waals surface area contributed by atoms with Gasteiger partial charge in [0, 0.05) is 28.8 Å². The van der Waals surface area contributed by atoms with E-state index in [-0.39, 0.29) is 5.91 Å². The number of rotatable bonds is 5. The number of carbonyl (C=O) groups excluding carboxylic acids is 1. The molecular weight excluding hydrogens is 378 g/mol. The summed E-state index contributed by atoms with van der Waals surface area (Å²) in [6, 6.07) is 15.5. The second-order valence-corrected chi connectivity index (χ2v) is 7.03. The Bertz CT molecular complexity index is 1250. The summed E-state index contributed by atoms with van der Waals surface area (Å²) in [4.78, 5) is 17.1. The molecular formula is C23H23N5O2. The number of hydrazone groups is 1. The third kappa shape index (κ3) is 3.45. The van der Waals surface area contributed by atoms with Crippen molar-refractivity contribution in [1.82, 2.24) is 19.4 Å². The normalized spacial score (nSPS) is 11.3. The predicted octanol–water partition coefficient (Wildman–Crippen LogP) is 3.82. The number of aryl methyl sites for hydroxylation is 2. The van der Waals surface area contributed by atoms with Gasteiger partial charge in [0.15, 0.2) is 0 Å². The molecule has 152 valence electrons. The maximum Gasteiger partial charge on any atom is 0.290 e. The number of nitrogens with zero attached hydrogens (tertiary/aromatic N) is 4. The Morgan fingerprint density at radius 3 is 2.63 bits per heavy atom. The third-order valence-corrected chi connectivity index (χ3v) is 5.09. The molecule has 0 aliphatic carbocycles. The van der Waals surface area contributed by atoms with Gasteiger partial charge in [-0.05, 0) is 63.2 Å². The molecule has 0 fully saturated rings. The van der Waals surface area contributed by atoms with E-state index in [1.807, 2.05) is 75.5 Å². The van der Waals surface area contributed by atoms with Crippen molar-refractivity contribution >= 4 is 17.8 Å². The van der Waals surface area contributed by atoms with E-state index < -0.39 is 0 Å². The Balaban J connectivity index is 1.56. The van der Waals surface area contributed by atoms with Gasteiger partial charge in [0.1, 0.15) is 17.1 Å². The molecule has 4 aromatic rings. The largest absolute Gasteiger partial charge is 0.497 e. The van der Waals surface area contributed by atoms with Crippen LogP contribution in [0.3, 0.4) is 0 Å². The summed E-state index contributed by atoms with van der Waals surface area (Å²) in [6.45, 7) is 5.87. The molecule has 30 heavy (non-hydrogen) atoms. The molecule has 0 saturated carbocycles. The number of amides is 1. The van der Waals surface area contributed by atoms with Crippen molar-refractivity contribution in [3.63, 3.8) is 0 Å². The molecule has 1 amide bonds. The first kappa shape index (κ1) is 19.4. The van der Waals surface area contributed by atoms with Gasteiger partial charge in [0.25, 0.3) is 5.91 Å². The zero-order valence-corrected chi connectivity index (χ0v) is 17.4. The molecule has 7 nitrogen and oxygen atoms in total. The summed E-state index contributed by atoms with van der Waals surface area (Å²) < 4.78 is 9.13. The van der Waals surface area contributed by atoms with Gasteiger partial charge < -0.3 is 9.30 Å². The van der Waals surface area contributed by atoms with Gasteiger partial charge in [0.2, 0.25) is 0 Å². The molecule has 0 atom stereocenters. The summed E-state index contributed by atoms with van der Waals surface area (Å²) in [5, 5.41) is 4.18. The number of hydrogen-bond donors (Lipinski definition) is 1. The number of methoxy groups -OCH3 is 1. The molecule has 1 N–H and O–H groups in total. The first-order chi connectivity index (χ1) is 14.5. The molecule has 0 aliphatic rings. The van der Waals surface area contributed by atoms with Crippen LogP contribution in [0.2, 0.25) is 0 Å². The van der Waals surface area contributed by atoms with Gasteiger partial charge in [-0.1, -0.05) is 6.07 Å². The summed E-state index contributed by atoms with van der Waals surface area (Å²) in [7, 11) is 1.65. The van der Waals surface area contributed by atoms with Gasteiger partial charge in [-0.25, -0.2) is 10.4 Å². The molecule has 0 aliphatic heterocycles. The highest BCUT2D eigenvalue weighted by Gasteiger charge is 2.16. The minimum absolute atomic E-state index is 0.300. The predicted molar refractivity (Wildman–Crippen MR) is 117 cm³/mol. The summed E-state index contributed by atoms with van der Waals surface area (Å²) in [5.74, 6) is 0.514. The van der Waals surface area contributed by atoms with Crippen molar-refractivity contribution in [3.05, 3.63) is 83.1 Å². The van der Waals surface area contributed by atoms with Gasteiger partial charge in [-0.15, -0.1) is 0 Å². The maximum atomic E-state index is 12.7. The standard InChI is InChI=1S/C23H23N5O2/c1-15-13-18(17(3)28(15)19-8-10-20(30-4)11-9-19)14-24-26-23(29)22-16(2)25-21-7-5-6-12-27(21)22/h5-14H,1-4H3,(H,26,29)/b24-14-. The van der Waals surface area contributed by atoms with E-state index >= 15 is 0 Å². The molecule has 0 bridgehead atoms. The highest BCUT2D eigenvalue weighted by molar-refractivity contribution is 5.95. The smallest absolute Gasteiger partial charge is 0.290 e. The highest BCUT2D eigenvalue weighted by Crippen LogP contribution is 2.22. The summed E-state index contributed by atoms with van der Waals surface area (Å²) >= 11 is 0. The van der Waals surface area contributed by atoms with E-state index in [0.29, 0.717) is 11.4 Å². The lowest BCUT2D eigenvalue weighted by molar-refractivity contribution is 0.0948. The van der Waals surface area contributed by atoms with Crippen molar-refractivity contribution in [2.75, 3.05) is 7.11 Å². The van der Waals surface area contributed by atoms with E-state index in [0.717, 1.165) is 34.0 Å². The number of pyridine rings is 1. The van der Waals surface area contributed by atoms with E-state index in [2.05, 4.69) is 20.1 Å². The fourth-order valence-corrected chi connectivity index (χ4v) is 3.65. The number of carbonyl (C=O) groups is 1. The Labute approximate surface area is 174 Å². The van der Waals surface area contributed by atoms with Crippen molar-refractivity contribution in [2.45, 2.75) is 20.8 Å². The van der Waals surface area contributed by atoms with E-state index in [1.54, 1.807) is 17.7 Å². The van der Waals surface area contributed by atoms with Crippen LogP contribution in [0.15, 0.2) is 59.8 Å². The minimum atomic E-state index is -0.300. The Kier molecular flexibility index (Phi) is 5.10. The molecule has 4 rings (SSSR count). The average Bonchev–Trinajstić information content (AvgIpc) is 3.23. The monoisotopic (exact) mass is 401 g/mol. The second kappa shape index (κ2) is 7.87. The fourth-order valence-electron chi connectivity index (χ4n) is 3.65. The maximum absolute atomic E-state index is 12.7. The highest BCUT2D eigenvalue weighted by atomic mass is 16.5. The molecule has 0 saturated heterocycles. The van der Waals surface area contributed by atoms with Crippen molar-refractivity contribution in [1.29, 1.82) is 0 Å². The number of hydrogen-bond acceptors (Lipinski definition) is 4. The van der Waals surface area contributed by atoms with Crippen molar-refractivity contribution < 1.29 is 9.53 Å². The van der Waals surface area contributed by atoms with Crippen molar-refractivity contribution in [2.24, 2.45) is 5.10 Å². The van der Waals surface area contributed by atoms with E-state index in [9.17, 15) is 4.79 Å². The van der Waals surface area contributed by atoms with Crippen LogP contribution in [0.25, 0.3) is 11.3 Å². The zero-order valence-electron chi connectivity index (χ0n) is 17.4. The van der Waals surface area contributed by atoms with Crippen LogP contribution in [-0.2, 0) is 0 Å². The Hall–Kier alpha value is -3.87. The Morgan fingerprint density at radius 1 is 1.13 bits per heavy atom. The summed E-state index contributed by atoms with van der Waals surface area (Å²) in [6.07, 6.45) is 3.48. The third-order valence-electron chi connectivity index (χ3n) is 5.09. The van der Waals surface area contributed by atoms with E-state index in [4.69, 9.17) is 4.74 Å². The quantitative estimate of drug-likeness (QED) is 0.408. The van der Waals surface area contributed by atoms with Crippen LogP contribution in [0.5, 0.6) is 5.75 Å². The fraction of sp³-hybridized carbons (Fsp3) is 0.174. The molecule has 1 aromatic carbocycles. The minimum Gasteiger partial charge on any atom is -0.497 e. The SMILES string of the molecule is COc1ccc(-n2c(C)cc(/C=N\NC(=O)c3c(C)nc4ccccn34)c2C)cc1. The van der Waals surface area contributed by atoms with Crippen molar-refractivity contribution in [3.8, 4) is 11.4 Å². The molecule has 7 heteroatoms. The first-order valence-corrected chi connectivity index (χ1v) is 9.60. The van der Waals surface area contributed by atoms with Crippen LogP contribution >= 0.6 is 0 Å². The Morgan fingerprint density at radius 2 is 1.90 bits per heavy atom. The van der Waals surface area contributed by atoms with Crippen LogP contribution in [0.4, 0.5) is 0 Å². The van der Waals surface area contributed by atoms with Gasteiger partial charge >= 0.3 is 0 Å². The zero-order chi connectivity index (χ0) is 21.3. The lowest BCUT2D eigenvalue weighted by Gasteiger charge is -2.10. The average molecular weight is 401 g/mol. The van der Waals surface area contributed by atoms with Gasteiger partial charge in [0.05, 0.1) is 19.0 Å². The number of imidazole rings is 1. The van der Waals surface area contributed by atoms with Gasteiger partial charge in [-0.3, -0.25) is 9.20 Å². The van der Waals surface area contributed by atoms with E-state index in [1.165, 1.54) is 0 Å². The van der Waals surface area contributed by atoms with Crippen LogP contribution < -0.4 is 10.2 Å². The van der Waals surface area contributed by atoms with Crippen LogP contribution in [0, 0.1) is 20.8 Å². The molecule has 3 aromatic heterocycles. The number of benzene rings is 1. The number of fused-ring (bicyclic) bond motifs is 1. The molecule has 0 spiro atoms. The molecule has 0 unspecified atom stereocenters. The first-order valence-electron chi connectivity index (χ1n) is 9.60. The van der Waals surface area contributed by atoms with Crippen LogP contribution in [0.1, 0.15) is 33.1 Å². The summed E-state index contributed by atoms with van der Waals surface area (Å²) in [5.41, 5.74) is 8.56.